The van der Waals surface area contributed by atoms with Crippen LogP contribution in [0.2, 0.25) is 0 Å². The molecule has 0 fully saturated rings. The van der Waals surface area contributed by atoms with Gasteiger partial charge in [-0.2, -0.15) is 0 Å². The van der Waals surface area contributed by atoms with Gasteiger partial charge in [0, 0.05) is 17.7 Å². The molecule has 4 nitrogen and oxygen atoms in total. The molecule has 0 aliphatic heterocycles. The Labute approximate surface area is 137 Å². The van der Waals surface area contributed by atoms with Crippen molar-refractivity contribution in [2.45, 2.75) is 45.3 Å². The number of carbonyl (C=O) groups is 2. The van der Waals surface area contributed by atoms with E-state index >= 15 is 0 Å². The van der Waals surface area contributed by atoms with E-state index < -0.39 is 0 Å². The standard InChI is InChI=1S/C17H25NO3S/c1-5-15(19)18-11-10-13-6-8-14(9-7-13)21-16(20)12-22-17(2,3)4/h6-9H,5,10-12H2,1-4H3,(H,18,19). The van der Waals surface area contributed by atoms with Crippen molar-refractivity contribution in [1.29, 1.82) is 0 Å². The molecule has 0 bridgehead atoms. The molecule has 0 aliphatic rings. The Bertz CT molecular complexity index is 492. The summed E-state index contributed by atoms with van der Waals surface area (Å²) in [4.78, 5) is 22.9. The highest BCUT2D eigenvalue weighted by Gasteiger charge is 2.14. The van der Waals surface area contributed by atoms with Gasteiger partial charge in [-0.15, -0.1) is 11.8 Å². The van der Waals surface area contributed by atoms with Gasteiger partial charge in [-0.1, -0.05) is 39.8 Å². The van der Waals surface area contributed by atoms with Crippen molar-refractivity contribution in [1.82, 2.24) is 5.32 Å². The van der Waals surface area contributed by atoms with E-state index in [1.54, 1.807) is 23.9 Å². The first kappa shape index (κ1) is 18.6. The predicted molar refractivity (Wildman–Crippen MR) is 91.3 cm³/mol. The minimum absolute atomic E-state index is 0.0474. The van der Waals surface area contributed by atoms with Crippen LogP contribution in [0.3, 0.4) is 0 Å². The fourth-order valence-corrected chi connectivity index (χ4v) is 2.24. The van der Waals surface area contributed by atoms with E-state index in [1.807, 2.05) is 19.1 Å². The molecule has 0 saturated heterocycles. The van der Waals surface area contributed by atoms with Gasteiger partial charge in [0.1, 0.15) is 5.75 Å². The third-order valence-corrected chi connectivity index (χ3v) is 4.08. The number of rotatable bonds is 7. The minimum atomic E-state index is -0.233. The average molecular weight is 323 g/mol. The van der Waals surface area contributed by atoms with Crippen molar-refractivity contribution in [3.05, 3.63) is 29.8 Å². The van der Waals surface area contributed by atoms with Gasteiger partial charge < -0.3 is 10.1 Å². The first-order chi connectivity index (χ1) is 10.3. The van der Waals surface area contributed by atoms with Gasteiger partial charge in [0.2, 0.25) is 5.91 Å². The number of hydrogen-bond donors (Lipinski definition) is 1. The van der Waals surface area contributed by atoms with E-state index in [0.717, 1.165) is 12.0 Å². The summed E-state index contributed by atoms with van der Waals surface area (Å²) < 4.78 is 5.34. The van der Waals surface area contributed by atoms with Crippen LogP contribution in [-0.2, 0) is 16.0 Å². The highest BCUT2D eigenvalue weighted by Crippen LogP contribution is 2.23. The summed E-state index contributed by atoms with van der Waals surface area (Å²) in [6.45, 7) is 8.65. The van der Waals surface area contributed by atoms with Crippen LogP contribution in [0.4, 0.5) is 0 Å². The number of hydrogen-bond acceptors (Lipinski definition) is 4. The largest absolute Gasteiger partial charge is 0.426 e. The van der Waals surface area contributed by atoms with Gasteiger partial charge in [0.25, 0.3) is 0 Å². The summed E-state index contributed by atoms with van der Waals surface area (Å²) in [5, 5.41) is 2.83. The maximum absolute atomic E-state index is 11.7. The molecule has 1 aromatic rings. The summed E-state index contributed by atoms with van der Waals surface area (Å²) >= 11 is 1.57. The number of thioether (sulfide) groups is 1. The lowest BCUT2D eigenvalue weighted by Gasteiger charge is -2.16. The van der Waals surface area contributed by atoms with Crippen LogP contribution >= 0.6 is 11.8 Å². The van der Waals surface area contributed by atoms with Crippen molar-refractivity contribution < 1.29 is 14.3 Å². The Morgan fingerprint density at radius 2 is 1.82 bits per heavy atom. The molecule has 1 rings (SSSR count). The third kappa shape index (κ3) is 8.08. The third-order valence-electron chi connectivity index (χ3n) is 2.84. The highest BCUT2D eigenvalue weighted by atomic mass is 32.2. The summed E-state index contributed by atoms with van der Waals surface area (Å²) in [5.74, 6) is 0.722. The second-order valence-electron chi connectivity index (χ2n) is 5.97. The average Bonchev–Trinajstić information content (AvgIpc) is 2.46. The monoisotopic (exact) mass is 323 g/mol. The van der Waals surface area contributed by atoms with Crippen LogP contribution < -0.4 is 10.1 Å². The fourth-order valence-electron chi connectivity index (χ4n) is 1.63. The maximum Gasteiger partial charge on any atom is 0.321 e. The van der Waals surface area contributed by atoms with Crippen molar-refractivity contribution in [3.63, 3.8) is 0 Å². The Morgan fingerprint density at radius 1 is 1.18 bits per heavy atom. The molecule has 0 heterocycles. The second kappa shape index (κ2) is 8.83. The van der Waals surface area contributed by atoms with Gasteiger partial charge in [0.05, 0.1) is 5.75 Å². The van der Waals surface area contributed by atoms with Crippen LogP contribution in [0.5, 0.6) is 5.75 Å². The molecule has 0 aromatic heterocycles. The lowest BCUT2D eigenvalue weighted by atomic mass is 10.1. The molecule has 0 spiro atoms. The summed E-state index contributed by atoms with van der Waals surface area (Å²) in [6, 6.07) is 7.41. The van der Waals surface area contributed by atoms with Gasteiger partial charge in [-0.05, 0) is 24.1 Å². The van der Waals surface area contributed by atoms with Gasteiger partial charge in [-0.25, -0.2) is 0 Å². The molecule has 22 heavy (non-hydrogen) atoms. The zero-order valence-corrected chi connectivity index (χ0v) is 14.6. The number of amides is 1. The second-order valence-corrected chi connectivity index (χ2v) is 7.77. The summed E-state index contributed by atoms with van der Waals surface area (Å²) in [5.41, 5.74) is 1.10. The quantitative estimate of drug-likeness (QED) is 0.618. The normalized spacial score (nSPS) is 11.1. The Morgan fingerprint density at radius 3 is 2.36 bits per heavy atom. The van der Waals surface area contributed by atoms with Crippen molar-refractivity contribution >= 4 is 23.6 Å². The van der Waals surface area contributed by atoms with Crippen LogP contribution in [-0.4, -0.2) is 28.9 Å². The SMILES string of the molecule is CCC(=O)NCCc1ccc(OC(=O)CSC(C)(C)C)cc1. The molecule has 1 aromatic carbocycles. The Hall–Kier alpha value is -1.49. The minimum Gasteiger partial charge on any atom is -0.426 e. The van der Waals surface area contributed by atoms with Crippen molar-refractivity contribution in [2.75, 3.05) is 12.3 Å². The van der Waals surface area contributed by atoms with Crippen LogP contribution in [0.25, 0.3) is 0 Å². The predicted octanol–water partition coefficient (Wildman–Crippen LogP) is 3.19. The molecule has 0 atom stereocenters. The first-order valence-electron chi connectivity index (χ1n) is 7.50. The van der Waals surface area contributed by atoms with Crippen LogP contribution in [0.1, 0.15) is 39.7 Å². The van der Waals surface area contributed by atoms with E-state index in [9.17, 15) is 9.59 Å². The van der Waals surface area contributed by atoms with Crippen molar-refractivity contribution in [3.8, 4) is 5.75 Å². The molecular formula is C17H25NO3S. The zero-order valence-electron chi connectivity index (χ0n) is 13.8. The molecule has 0 aliphatic carbocycles. The number of esters is 1. The smallest absolute Gasteiger partial charge is 0.321 e. The molecule has 5 heteroatoms. The molecule has 0 radical (unpaired) electrons. The lowest BCUT2D eigenvalue weighted by Crippen LogP contribution is -2.24. The summed E-state index contributed by atoms with van der Waals surface area (Å²) in [6.07, 6.45) is 1.27. The van der Waals surface area contributed by atoms with Gasteiger partial charge >= 0.3 is 5.97 Å². The topological polar surface area (TPSA) is 55.4 Å². The molecule has 1 N–H and O–H groups in total. The lowest BCUT2D eigenvalue weighted by molar-refractivity contribution is -0.131. The maximum atomic E-state index is 11.7. The first-order valence-corrected chi connectivity index (χ1v) is 8.49. The van der Waals surface area contributed by atoms with E-state index in [2.05, 4.69) is 26.1 Å². The van der Waals surface area contributed by atoms with Crippen LogP contribution in [0.15, 0.2) is 24.3 Å². The zero-order chi connectivity index (χ0) is 16.6. The van der Waals surface area contributed by atoms with E-state index in [4.69, 9.17) is 4.74 Å². The Balaban J connectivity index is 2.38. The van der Waals surface area contributed by atoms with Gasteiger partial charge in [0.15, 0.2) is 0 Å². The van der Waals surface area contributed by atoms with E-state index in [1.165, 1.54) is 0 Å². The fraction of sp³-hybridized carbons (Fsp3) is 0.529. The number of carbonyl (C=O) groups excluding carboxylic acids is 2. The molecule has 1 amide bonds. The number of ether oxygens (including phenoxy) is 1. The summed E-state index contributed by atoms with van der Waals surface area (Å²) in [7, 11) is 0. The van der Waals surface area contributed by atoms with Crippen molar-refractivity contribution in [2.24, 2.45) is 0 Å². The molecule has 122 valence electrons. The molecule has 0 unspecified atom stereocenters. The molecule has 0 saturated carbocycles. The van der Waals surface area contributed by atoms with Crippen LogP contribution in [0, 0.1) is 0 Å². The highest BCUT2D eigenvalue weighted by molar-refractivity contribution is 8.01. The molecular weight excluding hydrogens is 298 g/mol. The number of benzene rings is 1. The Kier molecular flexibility index (Phi) is 7.45. The number of nitrogens with one attached hydrogen (secondary N) is 1. The van der Waals surface area contributed by atoms with E-state index in [-0.39, 0.29) is 16.6 Å². The van der Waals surface area contributed by atoms with Gasteiger partial charge in [-0.3, -0.25) is 9.59 Å². The van der Waals surface area contributed by atoms with E-state index in [0.29, 0.717) is 24.5 Å².